The molecule has 1 aliphatic heterocycles. The monoisotopic (exact) mass is 350 g/mol. The summed E-state index contributed by atoms with van der Waals surface area (Å²) in [6.45, 7) is 0.218. The third-order valence-electron chi connectivity index (χ3n) is 4.09. The Morgan fingerprint density at radius 3 is 2.15 bits per heavy atom. The minimum absolute atomic E-state index is 0.0600. The highest BCUT2D eigenvalue weighted by molar-refractivity contribution is 6.16. The van der Waals surface area contributed by atoms with Gasteiger partial charge >= 0.3 is 0 Å². The van der Waals surface area contributed by atoms with Crippen LogP contribution >= 0.6 is 0 Å². The van der Waals surface area contributed by atoms with Gasteiger partial charge in [0, 0.05) is 5.57 Å². The molecule has 5 heteroatoms. The highest BCUT2D eigenvalue weighted by atomic mass is 16.5. The predicted octanol–water partition coefficient (Wildman–Crippen LogP) is 2.98. The van der Waals surface area contributed by atoms with Crippen molar-refractivity contribution in [2.45, 2.75) is 0 Å². The Balaban J connectivity index is 1.73. The molecule has 0 saturated carbocycles. The van der Waals surface area contributed by atoms with Gasteiger partial charge in [-0.05, 0) is 47.5 Å². The van der Waals surface area contributed by atoms with E-state index in [1.165, 1.54) is 30.3 Å². The number of allylic oxidation sites excluding steroid dienone is 1. The second-order valence-electron chi connectivity index (χ2n) is 6.02. The summed E-state index contributed by atoms with van der Waals surface area (Å²) in [5.41, 5.74) is 1.93. The fraction of sp³-hybridized carbons (Fsp3) is 0.143. The topological polar surface area (TPSA) is 83.8 Å². The summed E-state index contributed by atoms with van der Waals surface area (Å²) in [6, 6.07) is 12.8. The van der Waals surface area contributed by atoms with E-state index in [4.69, 9.17) is 4.74 Å². The number of phenolic OH excluding ortho intramolecular Hbond substituents is 2. The number of rotatable bonds is 4. The Hall–Kier alpha value is -3.18. The van der Waals surface area contributed by atoms with Gasteiger partial charge < -0.3 is 14.9 Å². The van der Waals surface area contributed by atoms with Gasteiger partial charge in [0.05, 0.1) is 13.2 Å². The number of ketones is 2. The number of carbonyl (C=O) groups is 2. The van der Waals surface area contributed by atoms with Crippen LogP contribution < -0.4 is 0 Å². The van der Waals surface area contributed by atoms with Gasteiger partial charge in [0.25, 0.3) is 0 Å². The molecule has 1 heterocycles. The molecule has 1 aliphatic rings. The average Bonchev–Trinajstić information content (AvgIpc) is 2.64. The molecule has 0 aromatic heterocycles. The minimum atomic E-state index is -0.861. The number of hydrogen-bond acceptors (Lipinski definition) is 5. The van der Waals surface area contributed by atoms with Crippen molar-refractivity contribution < 1.29 is 24.5 Å². The number of benzene rings is 2. The van der Waals surface area contributed by atoms with Gasteiger partial charge in [0.15, 0.2) is 11.6 Å². The highest BCUT2D eigenvalue weighted by Gasteiger charge is 2.31. The molecule has 0 amide bonds. The van der Waals surface area contributed by atoms with E-state index in [9.17, 15) is 19.8 Å². The molecule has 1 saturated heterocycles. The molecule has 0 aliphatic carbocycles. The van der Waals surface area contributed by atoms with Crippen LogP contribution in [0.4, 0.5) is 0 Å². The van der Waals surface area contributed by atoms with Crippen molar-refractivity contribution in [1.82, 2.24) is 0 Å². The first-order chi connectivity index (χ1) is 12.5. The van der Waals surface area contributed by atoms with Crippen molar-refractivity contribution in [2.24, 2.45) is 5.92 Å². The van der Waals surface area contributed by atoms with E-state index in [0.29, 0.717) is 5.57 Å². The molecule has 5 nitrogen and oxygen atoms in total. The predicted molar refractivity (Wildman–Crippen MR) is 97.5 cm³/mol. The molecule has 1 fully saturated rings. The maximum Gasteiger partial charge on any atom is 0.174 e. The number of hydrogen-bond donors (Lipinski definition) is 2. The second-order valence-corrected chi connectivity index (χ2v) is 6.02. The van der Waals surface area contributed by atoms with Crippen molar-refractivity contribution in [3.05, 3.63) is 71.3 Å². The Morgan fingerprint density at radius 2 is 1.54 bits per heavy atom. The lowest BCUT2D eigenvalue weighted by Crippen LogP contribution is -2.34. The molecule has 26 heavy (non-hydrogen) atoms. The van der Waals surface area contributed by atoms with Gasteiger partial charge in [0.1, 0.15) is 17.4 Å². The van der Waals surface area contributed by atoms with Gasteiger partial charge in [-0.2, -0.15) is 0 Å². The first-order valence-corrected chi connectivity index (χ1v) is 8.15. The summed E-state index contributed by atoms with van der Waals surface area (Å²) < 4.78 is 5.42. The summed E-state index contributed by atoms with van der Waals surface area (Å²) in [5, 5.41) is 18.6. The minimum Gasteiger partial charge on any atom is -0.508 e. The van der Waals surface area contributed by atoms with E-state index in [1.807, 2.05) is 0 Å². The molecule has 3 rings (SSSR count). The van der Waals surface area contributed by atoms with Crippen LogP contribution in [0.15, 0.2) is 60.2 Å². The number of Topliss-reactive ketones (excluding diaryl/α,β-unsaturated/α-hetero) is 1. The molecule has 2 N–H and O–H groups in total. The van der Waals surface area contributed by atoms with Crippen LogP contribution in [0.2, 0.25) is 0 Å². The second kappa shape index (κ2) is 7.80. The lowest BCUT2D eigenvalue weighted by molar-refractivity contribution is -0.133. The average molecular weight is 350 g/mol. The molecular weight excluding hydrogens is 332 g/mol. The summed E-state index contributed by atoms with van der Waals surface area (Å²) in [5.74, 6) is -1.14. The Bertz CT molecular complexity index is 860. The Morgan fingerprint density at radius 1 is 0.962 bits per heavy atom. The largest absolute Gasteiger partial charge is 0.508 e. The van der Waals surface area contributed by atoms with Crippen molar-refractivity contribution in [3.63, 3.8) is 0 Å². The van der Waals surface area contributed by atoms with E-state index >= 15 is 0 Å². The first kappa shape index (κ1) is 17.6. The van der Waals surface area contributed by atoms with Gasteiger partial charge in [-0.15, -0.1) is 0 Å². The van der Waals surface area contributed by atoms with Crippen LogP contribution in [0.3, 0.4) is 0 Å². The number of phenols is 2. The maximum absolute atomic E-state index is 12.6. The summed E-state index contributed by atoms with van der Waals surface area (Å²) in [4.78, 5) is 25.0. The molecule has 0 bridgehead atoms. The van der Waals surface area contributed by atoms with E-state index in [1.54, 1.807) is 36.4 Å². The highest BCUT2D eigenvalue weighted by Crippen LogP contribution is 2.21. The van der Waals surface area contributed by atoms with Crippen molar-refractivity contribution >= 4 is 23.7 Å². The Labute approximate surface area is 150 Å². The van der Waals surface area contributed by atoms with E-state index in [2.05, 4.69) is 0 Å². The van der Waals surface area contributed by atoms with Crippen LogP contribution in [-0.2, 0) is 14.3 Å². The van der Waals surface area contributed by atoms with Crippen LogP contribution in [0, 0.1) is 5.92 Å². The van der Waals surface area contributed by atoms with Crippen LogP contribution in [0.5, 0.6) is 11.5 Å². The standard InChI is InChI=1S/C21H18O5/c22-17-6-1-14(2-7-17)5-10-20(24)19-13-26-12-16(21(19)25)11-15-3-8-18(23)9-4-15/h1-11,19,22-23H,12-13H2/b10-5+,16-11+. The number of ether oxygens (including phenoxy) is 1. The molecule has 132 valence electrons. The zero-order chi connectivity index (χ0) is 18.5. The molecule has 2 aromatic carbocycles. The van der Waals surface area contributed by atoms with E-state index in [-0.39, 0.29) is 36.3 Å². The number of carbonyl (C=O) groups excluding carboxylic acids is 2. The van der Waals surface area contributed by atoms with Gasteiger partial charge in [0.2, 0.25) is 0 Å². The fourth-order valence-corrected chi connectivity index (χ4v) is 2.63. The molecule has 0 radical (unpaired) electrons. The van der Waals surface area contributed by atoms with Gasteiger partial charge in [-0.1, -0.05) is 30.3 Å². The zero-order valence-electron chi connectivity index (χ0n) is 14.0. The number of aromatic hydroxyl groups is 2. The van der Waals surface area contributed by atoms with Crippen molar-refractivity contribution in [3.8, 4) is 11.5 Å². The quantitative estimate of drug-likeness (QED) is 0.654. The Kier molecular flexibility index (Phi) is 5.29. The smallest absolute Gasteiger partial charge is 0.174 e. The third-order valence-corrected chi connectivity index (χ3v) is 4.09. The zero-order valence-corrected chi connectivity index (χ0v) is 14.0. The molecule has 1 unspecified atom stereocenters. The summed E-state index contributed by atoms with van der Waals surface area (Å²) >= 11 is 0. The maximum atomic E-state index is 12.6. The van der Waals surface area contributed by atoms with Crippen LogP contribution in [0.25, 0.3) is 12.2 Å². The lowest BCUT2D eigenvalue weighted by Gasteiger charge is -2.21. The summed E-state index contributed by atoms with van der Waals surface area (Å²) in [6.07, 6.45) is 4.64. The summed E-state index contributed by atoms with van der Waals surface area (Å²) in [7, 11) is 0. The van der Waals surface area contributed by atoms with E-state index in [0.717, 1.165) is 11.1 Å². The fourth-order valence-electron chi connectivity index (χ4n) is 2.63. The molecule has 2 aromatic rings. The van der Waals surface area contributed by atoms with Crippen LogP contribution in [-0.4, -0.2) is 35.0 Å². The van der Waals surface area contributed by atoms with Crippen molar-refractivity contribution in [2.75, 3.05) is 13.2 Å². The normalized spacial score (nSPS) is 19.2. The molecular formula is C21H18O5. The molecule has 1 atom stereocenters. The lowest BCUT2D eigenvalue weighted by atomic mass is 9.91. The molecule has 0 spiro atoms. The SMILES string of the molecule is O=C(/C=C/c1ccc(O)cc1)C1COC/C(=C\c2ccc(O)cc2)C1=O. The van der Waals surface area contributed by atoms with Gasteiger partial charge in [-0.25, -0.2) is 0 Å². The van der Waals surface area contributed by atoms with E-state index < -0.39 is 5.92 Å². The first-order valence-electron chi connectivity index (χ1n) is 8.15. The van der Waals surface area contributed by atoms with Crippen LogP contribution in [0.1, 0.15) is 11.1 Å². The van der Waals surface area contributed by atoms with Crippen molar-refractivity contribution in [1.29, 1.82) is 0 Å². The third kappa shape index (κ3) is 4.26. The van der Waals surface area contributed by atoms with Gasteiger partial charge in [-0.3, -0.25) is 9.59 Å².